The Morgan fingerprint density at radius 1 is 1.29 bits per heavy atom. The number of carbonyl (C=O) groups is 1. The summed E-state index contributed by atoms with van der Waals surface area (Å²) in [7, 11) is 1.89. The molecule has 0 bridgehead atoms. The first-order valence-corrected chi connectivity index (χ1v) is 6.16. The van der Waals surface area contributed by atoms with Crippen LogP contribution in [0.2, 0.25) is 0 Å². The lowest BCUT2D eigenvalue weighted by Crippen LogP contribution is -2.25. The summed E-state index contributed by atoms with van der Waals surface area (Å²) in [6.07, 6.45) is 4.53. The van der Waals surface area contributed by atoms with Crippen LogP contribution in [0.5, 0.6) is 0 Å². The van der Waals surface area contributed by atoms with E-state index in [2.05, 4.69) is 17.4 Å². The summed E-state index contributed by atoms with van der Waals surface area (Å²) in [5.41, 5.74) is 2.12. The Balaban J connectivity index is 2.28. The van der Waals surface area contributed by atoms with Gasteiger partial charge in [-0.1, -0.05) is 25.0 Å². The molecule has 92 valence electrons. The topological polar surface area (TPSA) is 49.3 Å². The van der Waals surface area contributed by atoms with E-state index < -0.39 is 5.97 Å². The second kappa shape index (κ2) is 4.78. The molecule has 1 fully saturated rings. The third kappa shape index (κ3) is 2.43. The van der Waals surface area contributed by atoms with Crippen molar-refractivity contribution in [3.05, 3.63) is 29.8 Å². The quantitative estimate of drug-likeness (QED) is 0.840. The van der Waals surface area contributed by atoms with Gasteiger partial charge in [0.15, 0.2) is 0 Å². The molecule has 0 amide bonds. The first-order chi connectivity index (χ1) is 8.16. The Bertz CT molecular complexity index is 391. The van der Waals surface area contributed by atoms with Gasteiger partial charge in [-0.3, -0.25) is 4.79 Å². The molecule has 0 aromatic heterocycles. The van der Waals surface area contributed by atoms with Crippen molar-refractivity contribution < 1.29 is 9.90 Å². The van der Waals surface area contributed by atoms with E-state index in [0.29, 0.717) is 0 Å². The minimum Gasteiger partial charge on any atom is -0.481 e. The van der Waals surface area contributed by atoms with Gasteiger partial charge in [0.1, 0.15) is 0 Å². The number of aliphatic carboxylic acids is 1. The molecule has 1 aromatic rings. The molecule has 1 saturated carbocycles. The van der Waals surface area contributed by atoms with Gasteiger partial charge in [-0.25, -0.2) is 0 Å². The molecular formula is C14H19NO2. The molecule has 1 aromatic carbocycles. The summed E-state index contributed by atoms with van der Waals surface area (Å²) in [5.74, 6) is -0.690. The van der Waals surface area contributed by atoms with Crippen LogP contribution in [0.3, 0.4) is 0 Å². The molecule has 0 aliphatic heterocycles. The molecule has 2 rings (SSSR count). The average Bonchev–Trinajstić information content (AvgIpc) is 2.78. The number of carboxylic acids is 1. The third-order valence-corrected chi connectivity index (χ3v) is 3.84. The lowest BCUT2D eigenvalue weighted by atomic mass is 9.76. The number of hydrogen-bond acceptors (Lipinski definition) is 2. The largest absolute Gasteiger partial charge is 0.481 e. The molecule has 0 radical (unpaired) electrons. The molecule has 3 heteroatoms. The molecular weight excluding hydrogens is 214 g/mol. The van der Waals surface area contributed by atoms with Crippen molar-refractivity contribution in [3.63, 3.8) is 0 Å². The van der Waals surface area contributed by atoms with Crippen LogP contribution >= 0.6 is 0 Å². The molecule has 1 aliphatic carbocycles. The summed E-state index contributed by atoms with van der Waals surface area (Å²) >= 11 is 0. The van der Waals surface area contributed by atoms with Gasteiger partial charge in [0.2, 0.25) is 0 Å². The van der Waals surface area contributed by atoms with Gasteiger partial charge in [0, 0.05) is 18.2 Å². The van der Waals surface area contributed by atoms with E-state index in [-0.39, 0.29) is 11.8 Å². The van der Waals surface area contributed by atoms with Gasteiger partial charge in [0.25, 0.3) is 0 Å². The van der Waals surface area contributed by atoms with Crippen LogP contribution < -0.4 is 5.32 Å². The fourth-order valence-electron chi connectivity index (χ4n) is 2.90. The van der Waals surface area contributed by atoms with Crippen molar-refractivity contribution in [2.24, 2.45) is 0 Å². The fourth-order valence-corrected chi connectivity index (χ4v) is 2.90. The van der Waals surface area contributed by atoms with Crippen LogP contribution in [0.4, 0.5) is 5.69 Å². The number of nitrogens with one attached hydrogen (secondary N) is 1. The highest BCUT2D eigenvalue weighted by atomic mass is 16.4. The number of hydrogen-bond donors (Lipinski definition) is 2. The number of carboxylic acid groups (broad SMARTS) is 1. The Kier molecular flexibility index (Phi) is 3.36. The number of anilines is 1. The van der Waals surface area contributed by atoms with Crippen LogP contribution in [-0.4, -0.2) is 18.1 Å². The maximum absolute atomic E-state index is 11.0. The Labute approximate surface area is 102 Å². The van der Waals surface area contributed by atoms with Crippen LogP contribution in [0.15, 0.2) is 24.3 Å². The van der Waals surface area contributed by atoms with Crippen LogP contribution in [0.1, 0.15) is 37.7 Å². The smallest absolute Gasteiger partial charge is 0.304 e. The molecule has 3 nitrogen and oxygen atoms in total. The van der Waals surface area contributed by atoms with Crippen molar-refractivity contribution in [2.75, 3.05) is 12.4 Å². The zero-order valence-corrected chi connectivity index (χ0v) is 10.2. The summed E-state index contributed by atoms with van der Waals surface area (Å²) in [5, 5.41) is 12.2. The molecule has 0 heterocycles. The summed E-state index contributed by atoms with van der Waals surface area (Å²) in [6.45, 7) is 0. The van der Waals surface area contributed by atoms with Crippen molar-refractivity contribution in [1.82, 2.24) is 0 Å². The number of benzene rings is 1. The van der Waals surface area contributed by atoms with Gasteiger partial charge in [-0.2, -0.15) is 0 Å². The van der Waals surface area contributed by atoms with E-state index >= 15 is 0 Å². The van der Waals surface area contributed by atoms with E-state index in [0.717, 1.165) is 31.4 Å². The lowest BCUT2D eigenvalue weighted by Gasteiger charge is -2.28. The Morgan fingerprint density at radius 3 is 2.35 bits per heavy atom. The van der Waals surface area contributed by atoms with Crippen LogP contribution in [0.25, 0.3) is 0 Å². The Morgan fingerprint density at radius 2 is 1.88 bits per heavy atom. The standard InChI is InChI=1S/C14H19NO2/c1-15-12-6-4-11(5-7-12)14(10-13(16)17)8-2-3-9-14/h4-7,15H,2-3,8-10H2,1H3,(H,16,17). The monoisotopic (exact) mass is 233 g/mol. The van der Waals surface area contributed by atoms with E-state index in [1.165, 1.54) is 5.56 Å². The zero-order valence-electron chi connectivity index (χ0n) is 10.2. The van der Waals surface area contributed by atoms with Crippen molar-refractivity contribution >= 4 is 11.7 Å². The molecule has 0 saturated heterocycles. The lowest BCUT2D eigenvalue weighted by molar-refractivity contribution is -0.138. The van der Waals surface area contributed by atoms with Gasteiger partial charge in [0.05, 0.1) is 6.42 Å². The van der Waals surface area contributed by atoms with Crippen LogP contribution in [-0.2, 0) is 10.2 Å². The SMILES string of the molecule is CNc1ccc(C2(CC(=O)O)CCCC2)cc1. The zero-order chi connectivity index (χ0) is 12.3. The predicted octanol–water partition coefficient (Wildman–Crippen LogP) is 3.01. The van der Waals surface area contributed by atoms with Crippen molar-refractivity contribution in [1.29, 1.82) is 0 Å². The molecule has 17 heavy (non-hydrogen) atoms. The van der Waals surface area contributed by atoms with E-state index in [4.69, 9.17) is 5.11 Å². The van der Waals surface area contributed by atoms with Crippen molar-refractivity contribution in [2.45, 2.75) is 37.5 Å². The highest BCUT2D eigenvalue weighted by Crippen LogP contribution is 2.44. The van der Waals surface area contributed by atoms with Gasteiger partial charge < -0.3 is 10.4 Å². The summed E-state index contributed by atoms with van der Waals surface area (Å²) in [6, 6.07) is 8.19. The molecule has 0 unspecified atom stereocenters. The minimum absolute atomic E-state index is 0.127. The maximum Gasteiger partial charge on any atom is 0.304 e. The maximum atomic E-state index is 11.0. The Hall–Kier alpha value is -1.51. The van der Waals surface area contributed by atoms with Gasteiger partial charge in [-0.05, 0) is 30.5 Å². The minimum atomic E-state index is -0.690. The van der Waals surface area contributed by atoms with E-state index in [1.54, 1.807) is 0 Å². The molecule has 0 atom stereocenters. The summed E-state index contributed by atoms with van der Waals surface area (Å²) < 4.78 is 0. The fraction of sp³-hybridized carbons (Fsp3) is 0.500. The molecule has 2 N–H and O–H groups in total. The van der Waals surface area contributed by atoms with E-state index in [1.807, 2.05) is 19.2 Å². The summed E-state index contributed by atoms with van der Waals surface area (Å²) in [4.78, 5) is 11.0. The van der Waals surface area contributed by atoms with Crippen molar-refractivity contribution in [3.8, 4) is 0 Å². The number of rotatable bonds is 4. The highest BCUT2D eigenvalue weighted by Gasteiger charge is 2.37. The second-order valence-corrected chi connectivity index (χ2v) is 4.89. The predicted molar refractivity (Wildman–Crippen MR) is 68.4 cm³/mol. The first-order valence-electron chi connectivity index (χ1n) is 6.16. The van der Waals surface area contributed by atoms with Crippen LogP contribution in [0, 0.1) is 0 Å². The molecule has 0 spiro atoms. The van der Waals surface area contributed by atoms with Gasteiger partial charge in [-0.15, -0.1) is 0 Å². The second-order valence-electron chi connectivity index (χ2n) is 4.89. The first kappa shape index (κ1) is 12.0. The van der Waals surface area contributed by atoms with E-state index in [9.17, 15) is 4.79 Å². The average molecular weight is 233 g/mol. The third-order valence-electron chi connectivity index (χ3n) is 3.84. The molecule has 1 aliphatic rings. The highest BCUT2D eigenvalue weighted by molar-refractivity contribution is 5.69. The normalized spacial score (nSPS) is 17.9. The van der Waals surface area contributed by atoms with Gasteiger partial charge >= 0.3 is 5.97 Å².